The fourth-order valence-electron chi connectivity index (χ4n) is 4.66. The second-order valence-corrected chi connectivity index (χ2v) is 8.67. The molecule has 3 aromatic carbocycles. The molecule has 0 saturated carbocycles. The van der Waals surface area contributed by atoms with Gasteiger partial charge in [0.05, 0.1) is 5.56 Å². The van der Waals surface area contributed by atoms with E-state index in [1.54, 1.807) is 19.2 Å². The minimum atomic E-state index is -0.360. The van der Waals surface area contributed by atoms with Crippen molar-refractivity contribution < 1.29 is 18.4 Å². The van der Waals surface area contributed by atoms with Gasteiger partial charge in [-0.05, 0) is 79.4 Å². The molecular weight excluding hydrogens is 431 g/mol. The van der Waals surface area contributed by atoms with Crippen LogP contribution in [0.3, 0.4) is 0 Å². The first-order valence-electron chi connectivity index (χ1n) is 11.4. The number of likely N-dealkylation sites (tertiary alicyclic amines) is 1. The van der Waals surface area contributed by atoms with Gasteiger partial charge in [-0.1, -0.05) is 18.2 Å². The fourth-order valence-corrected chi connectivity index (χ4v) is 4.66. The van der Waals surface area contributed by atoms with E-state index in [4.69, 9.17) is 4.42 Å². The highest BCUT2D eigenvalue weighted by Crippen LogP contribution is 2.36. The molecule has 2 heterocycles. The van der Waals surface area contributed by atoms with Crippen LogP contribution in [0.1, 0.15) is 40.5 Å². The molecule has 0 spiro atoms. The molecule has 2 amide bonds. The number of amides is 2. The largest absolute Gasteiger partial charge is 0.455 e. The van der Waals surface area contributed by atoms with Crippen LogP contribution in [0.5, 0.6) is 0 Å². The lowest BCUT2D eigenvalue weighted by molar-refractivity contribution is 0.0747. The summed E-state index contributed by atoms with van der Waals surface area (Å²) in [7, 11) is 1.56. The molecule has 1 fully saturated rings. The number of nitrogens with one attached hydrogen (secondary N) is 1. The minimum absolute atomic E-state index is 0.0425. The number of nitrogens with zero attached hydrogens (tertiary/aromatic N) is 1. The maximum absolute atomic E-state index is 13.4. The Hall–Kier alpha value is -3.93. The van der Waals surface area contributed by atoms with E-state index >= 15 is 0 Å². The molecule has 4 aromatic rings. The number of fused-ring (bicyclic) bond motifs is 1. The van der Waals surface area contributed by atoms with Crippen molar-refractivity contribution in [3.05, 3.63) is 83.7 Å². The van der Waals surface area contributed by atoms with Crippen LogP contribution in [0, 0.1) is 5.82 Å². The number of halogens is 1. The van der Waals surface area contributed by atoms with Crippen LogP contribution in [0.25, 0.3) is 33.4 Å². The normalized spacial score (nSPS) is 15.6. The molecule has 5 nitrogen and oxygen atoms in total. The van der Waals surface area contributed by atoms with Gasteiger partial charge in [-0.15, -0.1) is 0 Å². The van der Waals surface area contributed by atoms with Gasteiger partial charge in [0.25, 0.3) is 11.8 Å². The molecular formula is C28H25FN2O3. The van der Waals surface area contributed by atoms with Gasteiger partial charge in [0.1, 0.15) is 17.2 Å². The molecule has 1 atom stereocenters. The van der Waals surface area contributed by atoms with Gasteiger partial charge >= 0.3 is 0 Å². The maximum atomic E-state index is 13.4. The van der Waals surface area contributed by atoms with Crippen LogP contribution < -0.4 is 5.32 Å². The molecule has 6 heteroatoms. The molecule has 1 aliphatic rings. The summed E-state index contributed by atoms with van der Waals surface area (Å²) in [6, 6.07) is 19.3. The van der Waals surface area contributed by atoms with E-state index in [9.17, 15) is 14.0 Å². The molecule has 5 rings (SSSR count). The SMILES string of the molecule is CNC(=O)c1c(-c2ccc(F)cc2)oc2ccc(-c3cccc(C(=O)N4CCCC4C)c3)cc12. The van der Waals surface area contributed by atoms with Crippen molar-refractivity contribution in [2.24, 2.45) is 0 Å². The first-order valence-corrected chi connectivity index (χ1v) is 11.4. The summed E-state index contributed by atoms with van der Waals surface area (Å²) in [4.78, 5) is 27.8. The van der Waals surface area contributed by atoms with Gasteiger partial charge in [0, 0.05) is 36.1 Å². The van der Waals surface area contributed by atoms with E-state index in [1.165, 1.54) is 12.1 Å². The molecule has 172 valence electrons. The summed E-state index contributed by atoms with van der Waals surface area (Å²) in [5.74, 6) is -0.220. The Balaban J connectivity index is 1.59. The lowest BCUT2D eigenvalue weighted by Crippen LogP contribution is -2.33. The van der Waals surface area contributed by atoms with E-state index in [0.717, 1.165) is 30.5 Å². The Morgan fingerprint density at radius 3 is 2.44 bits per heavy atom. The summed E-state index contributed by atoms with van der Waals surface area (Å²) in [5, 5.41) is 3.33. The predicted molar refractivity (Wildman–Crippen MR) is 130 cm³/mol. The average molecular weight is 457 g/mol. The van der Waals surface area contributed by atoms with Gasteiger partial charge in [-0.25, -0.2) is 4.39 Å². The molecule has 1 aromatic heterocycles. The average Bonchev–Trinajstić information content (AvgIpc) is 3.46. The monoisotopic (exact) mass is 456 g/mol. The van der Waals surface area contributed by atoms with Gasteiger partial charge in [-0.3, -0.25) is 9.59 Å². The zero-order valence-electron chi connectivity index (χ0n) is 19.1. The van der Waals surface area contributed by atoms with Gasteiger partial charge in [-0.2, -0.15) is 0 Å². The van der Waals surface area contributed by atoms with Crippen LogP contribution in [0.2, 0.25) is 0 Å². The first-order chi connectivity index (χ1) is 16.5. The Morgan fingerprint density at radius 1 is 1.00 bits per heavy atom. The molecule has 0 aliphatic carbocycles. The topological polar surface area (TPSA) is 62.6 Å². The summed E-state index contributed by atoms with van der Waals surface area (Å²) in [6.45, 7) is 2.87. The van der Waals surface area contributed by atoms with E-state index in [0.29, 0.717) is 33.4 Å². The minimum Gasteiger partial charge on any atom is -0.455 e. The Bertz CT molecular complexity index is 1390. The van der Waals surface area contributed by atoms with Crippen molar-refractivity contribution in [2.45, 2.75) is 25.8 Å². The highest BCUT2D eigenvalue weighted by atomic mass is 19.1. The molecule has 1 N–H and O–H groups in total. The van der Waals surface area contributed by atoms with Gasteiger partial charge < -0.3 is 14.6 Å². The van der Waals surface area contributed by atoms with E-state index < -0.39 is 0 Å². The second kappa shape index (κ2) is 8.78. The number of hydrogen-bond donors (Lipinski definition) is 1. The third-order valence-corrected chi connectivity index (χ3v) is 6.51. The molecule has 1 saturated heterocycles. The quantitative estimate of drug-likeness (QED) is 0.417. The smallest absolute Gasteiger partial charge is 0.255 e. The molecule has 1 aliphatic heterocycles. The van der Waals surface area contributed by atoms with Gasteiger partial charge in [0.15, 0.2) is 0 Å². The summed E-state index contributed by atoms with van der Waals surface area (Å²) in [6.07, 6.45) is 2.06. The van der Waals surface area contributed by atoms with Crippen molar-refractivity contribution in [1.82, 2.24) is 10.2 Å². The second-order valence-electron chi connectivity index (χ2n) is 8.67. The summed E-state index contributed by atoms with van der Waals surface area (Å²) in [5.41, 5.74) is 3.96. The highest BCUT2D eigenvalue weighted by Gasteiger charge is 2.26. The summed E-state index contributed by atoms with van der Waals surface area (Å²) < 4.78 is 19.5. The standard InChI is InChI=1S/C28H25FN2O3/c1-17-5-4-14-31(17)28(33)21-7-3-6-19(15-21)20-10-13-24-23(16-20)25(27(32)30-2)26(34-24)18-8-11-22(29)12-9-18/h3,6-13,15-17H,4-5,14H2,1-2H3,(H,30,32). The van der Waals surface area contributed by atoms with Crippen molar-refractivity contribution >= 4 is 22.8 Å². The lowest BCUT2D eigenvalue weighted by atomic mass is 9.98. The van der Waals surface area contributed by atoms with Crippen molar-refractivity contribution in [2.75, 3.05) is 13.6 Å². The maximum Gasteiger partial charge on any atom is 0.255 e. The highest BCUT2D eigenvalue weighted by molar-refractivity contribution is 6.11. The number of carbonyl (C=O) groups is 2. The fraction of sp³-hybridized carbons (Fsp3) is 0.214. The molecule has 0 bridgehead atoms. The first kappa shape index (κ1) is 21.9. The third kappa shape index (κ3) is 3.85. The van der Waals surface area contributed by atoms with Crippen LogP contribution >= 0.6 is 0 Å². The van der Waals surface area contributed by atoms with Crippen LogP contribution in [-0.2, 0) is 0 Å². The Morgan fingerprint density at radius 2 is 1.74 bits per heavy atom. The third-order valence-electron chi connectivity index (χ3n) is 6.51. The molecule has 34 heavy (non-hydrogen) atoms. The number of hydrogen-bond acceptors (Lipinski definition) is 3. The van der Waals surface area contributed by atoms with Crippen molar-refractivity contribution in [3.63, 3.8) is 0 Å². The van der Waals surface area contributed by atoms with E-state index in [1.807, 2.05) is 47.4 Å². The van der Waals surface area contributed by atoms with E-state index in [-0.39, 0.29) is 23.7 Å². The van der Waals surface area contributed by atoms with Crippen molar-refractivity contribution in [3.8, 4) is 22.5 Å². The Labute approximate surface area is 197 Å². The predicted octanol–water partition coefficient (Wildman–Crippen LogP) is 5.89. The number of furan rings is 1. The van der Waals surface area contributed by atoms with Crippen LogP contribution in [0.15, 0.2) is 71.1 Å². The lowest BCUT2D eigenvalue weighted by Gasteiger charge is -2.21. The number of benzene rings is 3. The van der Waals surface area contributed by atoms with Crippen LogP contribution in [-0.4, -0.2) is 36.3 Å². The zero-order chi connectivity index (χ0) is 23.8. The van der Waals surface area contributed by atoms with Gasteiger partial charge in [0.2, 0.25) is 0 Å². The zero-order valence-corrected chi connectivity index (χ0v) is 19.1. The van der Waals surface area contributed by atoms with Crippen molar-refractivity contribution in [1.29, 1.82) is 0 Å². The molecule has 0 radical (unpaired) electrons. The Kier molecular flexibility index (Phi) is 5.65. The van der Waals surface area contributed by atoms with Crippen LogP contribution in [0.4, 0.5) is 4.39 Å². The summed E-state index contributed by atoms with van der Waals surface area (Å²) >= 11 is 0. The number of rotatable bonds is 4. The molecule has 1 unspecified atom stereocenters. The number of carbonyl (C=O) groups excluding carboxylic acids is 2. The van der Waals surface area contributed by atoms with E-state index in [2.05, 4.69) is 12.2 Å².